The first-order chi connectivity index (χ1) is 8.91. The number of halogens is 2. The van der Waals surface area contributed by atoms with E-state index in [1.165, 1.54) is 0 Å². The van der Waals surface area contributed by atoms with Crippen molar-refractivity contribution in [3.8, 4) is 0 Å². The van der Waals surface area contributed by atoms with E-state index in [0.29, 0.717) is 10.7 Å². The summed E-state index contributed by atoms with van der Waals surface area (Å²) in [6, 6.07) is 6.15. The first-order valence-corrected chi connectivity index (χ1v) is 6.98. The molecule has 3 amide bonds. The van der Waals surface area contributed by atoms with Crippen LogP contribution in [0.15, 0.2) is 24.3 Å². The van der Waals surface area contributed by atoms with E-state index in [1.54, 1.807) is 24.3 Å². The Balaban J connectivity index is 1.79. The van der Waals surface area contributed by atoms with Crippen LogP contribution in [0.25, 0.3) is 0 Å². The second kappa shape index (κ2) is 5.38. The van der Waals surface area contributed by atoms with Crippen LogP contribution in [-0.4, -0.2) is 16.8 Å². The lowest BCUT2D eigenvalue weighted by molar-refractivity contribution is -0.126. The van der Waals surface area contributed by atoms with E-state index >= 15 is 0 Å². The molecule has 2 rings (SSSR count). The Bertz CT molecular complexity index is 508. The molecule has 0 bridgehead atoms. The van der Waals surface area contributed by atoms with Crippen LogP contribution in [0.5, 0.6) is 0 Å². The van der Waals surface area contributed by atoms with Gasteiger partial charge in [0.25, 0.3) is 0 Å². The number of carbonyl (C=O) groups excluding carboxylic acids is 2. The van der Waals surface area contributed by atoms with Gasteiger partial charge in [-0.05, 0) is 37.6 Å². The van der Waals surface area contributed by atoms with Gasteiger partial charge in [-0.1, -0.05) is 27.5 Å². The molecule has 1 fully saturated rings. The second-order valence-electron chi connectivity index (χ2n) is 4.63. The molecule has 102 valence electrons. The largest absolute Gasteiger partial charge is 0.337 e. The normalized spacial score (nSPS) is 24.5. The van der Waals surface area contributed by atoms with Crippen molar-refractivity contribution in [3.63, 3.8) is 0 Å². The van der Waals surface area contributed by atoms with Crippen LogP contribution < -0.4 is 16.2 Å². The van der Waals surface area contributed by atoms with Crippen molar-refractivity contribution in [2.24, 2.45) is 5.41 Å². The van der Waals surface area contributed by atoms with E-state index in [-0.39, 0.29) is 10.7 Å². The molecule has 0 saturated heterocycles. The van der Waals surface area contributed by atoms with E-state index in [2.05, 4.69) is 32.1 Å². The highest BCUT2D eigenvalue weighted by Gasteiger charge is 2.54. The number of hydrazine groups is 1. The quantitative estimate of drug-likeness (QED) is 0.569. The molecule has 1 aliphatic rings. The van der Waals surface area contributed by atoms with E-state index in [0.717, 1.165) is 6.42 Å². The highest BCUT2D eigenvalue weighted by Crippen LogP contribution is 2.51. The maximum Gasteiger partial charge on any atom is 0.337 e. The first kappa shape index (κ1) is 14.1. The van der Waals surface area contributed by atoms with E-state index < -0.39 is 11.4 Å². The number of urea groups is 1. The highest BCUT2D eigenvalue weighted by atomic mass is 79.9. The van der Waals surface area contributed by atoms with Crippen molar-refractivity contribution in [2.45, 2.75) is 18.2 Å². The number of hydrogen-bond donors (Lipinski definition) is 3. The molecule has 0 heterocycles. The summed E-state index contributed by atoms with van der Waals surface area (Å²) in [6.45, 7) is 1.83. The summed E-state index contributed by atoms with van der Waals surface area (Å²) in [5.41, 5.74) is 4.85. The molecule has 2 atom stereocenters. The van der Waals surface area contributed by atoms with Crippen LogP contribution in [0.3, 0.4) is 0 Å². The highest BCUT2D eigenvalue weighted by molar-refractivity contribution is 9.09. The summed E-state index contributed by atoms with van der Waals surface area (Å²) in [5.74, 6) is -0.208. The summed E-state index contributed by atoms with van der Waals surface area (Å²) in [7, 11) is 0. The predicted molar refractivity (Wildman–Crippen MR) is 77.2 cm³/mol. The number of alkyl halides is 1. The van der Waals surface area contributed by atoms with Crippen LogP contribution in [0.1, 0.15) is 13.3 Å². The van der Waals surface area contributed by atoms with Crippen molar-refractivity contribution in [2.75, 3.05) is 5.32 Å². The molecule has 0 unspecified atom stereocenters. The van der Waals surface area contributed by atoms with E-state index in [4.69, 9.17) is 11.6 Å². The molecule has 0 radical (unpaired) electrons. The molecular formula is C12H13BrClN3O2. The molecule has 0 aliphatic heterocycles. The van der Waals surface area contributed by atoms with Gasteiger partial charge in [0.1, 0.15) is 0 Å². The van der Waals surface area contributed by atoms with Gasteiger partial charge in [0.2, 0.25) is 5.91 Å². The Labute approximate surface area is 124 Å². The Morgan fingerprint density at radius 2 is 1.89 bits per heavy atom. The van der Waals surface area contributed by atoms with Gasteiger partial charge in [-0.25, -0.2) is 10.2 Å². The number of hydrogen-bond acceptors (Lipinski definition) is 2. The van der Waals surface area contributed by atoms with Crippen molar-refractivity contribution in [1.29, 1.82) is 0 Å². The van der Waals surface area contributed by atoms with Crippen LogP contribution in [0.4, 0.5) is 10.5 Å². The fourth-order valence-corrected chi connectivity index (χ4v) is 2.51. The van der Waals surface area contributed by atoms with Gasteiger partial charge in [0.05, 0.1) is 5.41 Å². The number of rotatable bonds is 2. The van der Waals surface area contributed by atoms with Gasteiger partial charge in [-0.2, -0.15) is 0 Å². The van der Waals surface area contributed by atoms with Gasteiger partial charge in [0.15, 0.2) is 0 Å². The predicted octanol–water partition coefficient (Wildman–Crippen LogP) is 2.67. The third-order valence-electron chi connectivity index (χ3n) is 3.04. The zero-order valence-electron chi connectivity index (χ0n) is 10.2. The van der Waals surface area contributed by atoms with Crippen molar-refractivity contribution in [3.05, 3.63) is 29.3 Å². The van der Waals surface area contributed by atoms with Crippen molar-refractivity contribution in [1.82, 2.24) is 10.9 Å². The van der Waals surface area contributed by atoms with Gasteiger partial charge in [-0.15, -0.1) is 0 Å². The number of nitrogens with one attached hydrogen (secondary N) is 3. The van der Waals surface area contributed by atoms with Crippen LogP contribution in [-0.2, 0) is 4.79 Å². The fourth-order valence-electron chi connectivity index (χ4n) is 1.50. The molecule has 1 aromatic rings. The molecule has 7 heteroatoms. The standard InChI is InChI=1S/C12H13BrClN3O2/c1-12(6-9(12)13)10(18)16-17-11(19)15-8-4-2-7(14)3-5-8/h2-5,9H,6H2,1H3,(H,16,18)(H2,15,17,19)/t9-,12+/m1/s1. The molecule has 3 N–H and O–H groups in total. The van der Waals surface area contributed by atoms with Gasteiger partial charge in [0, 0.05) is 15.5 Å². The molecule has 19 heavy (non-hydrogen) atoms. The summed E-state index contributed by atoms with van der Waals surface area (Å²) in [4.78, 5) is 23.5. The first-order valence-electron chi connectivity index (χ1n) is 5.69. The molecule has 0 spiro atoms. The van der Waals surface area contributed by atoms with Crippen molar-refractivity contribution >= 4 is 45.2 Å². The zero-order valence-corrected chi connectivity index (χ0v) is 12.5. The Morgan fingerprint density at radius 1 is 1.32 bits per heavy atom. The van der Waals surface area contributed by atoms with E-state index in [1.807, 2.05) is 6.92 Å². The average molecular weight is 347 g/mol. The number of benzene rings is 1. The van der Waals surface area contributed by atoms with E-state index in [9.17, 15) is 9.59 Å². The molecule has 5 nitrogen and oxygen atoms in total. The van der Waals surface area contributed by atoms with Crippen LogP contribution in [0, 0.1) is 5.41 Å². The maximum absolute atomic E-state index is 11.7. The van der Waals surface area contributed by atoms with Gasteiger partial charge in [-0.3, -0.25) is 10.2 Å². The molecular weight excluding hydrogens is 334 g/mol. The Hall–Kier alpha value is -1.27. The smallest absolute Gasteiger partial charge is 0.307 e. The maximum atomic E-state index is 11.7. The third kappa shape index (κ3) is 3.39. The summed E-state index contributed by atoms with van der Waals surface area (Å²) < 4.78 is 0. The molecule has 1 aromatic carbocycles. The molecule has 1 aliphatic carbocycles. The minimum Gasteiger partial charge on any atom is -0.307 e. The second-order valence-corrected chi connectivity index (χ2v) is 6.17. The monoisotopic (exact) mass is 345 g/mol. The van der Waals surface area contributed by atoms with Crippen molar-refractivity contribution < 1.29 is 9.59 Å². The van der Waals surface area contributed by atoms with Gasteiger partial charge < -0.3 is 5.32 Å². The SMILES string of the molecule is C[C@]1(C(=O)NNC(=O)Nc2ccc(Cl)cc2)C[C@H]1Br. The minimum atomic E-state index is -0.508. The van der Waals surface area contributed by atoms with Gasteiger partial charge >= 0.3 is 6.03 Å². The minimum absolute atomic E-state index is 0.168. The summed E-state index contributed by atoms with van der Waals surface area (Å²) in [5, 5.41) is 3.16. The lowest BCUT2D eigenvalue weighted by atomic mass is 10.1. The lowest BCUT2D eigenvalue weighted by Crippen LogP contribution is -2.46. The molecule has 0 aromatic heterocycles. The van der Waals surface area contributed by atoms with Crippen LogP contribution in [0.2, 0.25) is 5.02 Å². The summed E-state index contributed by atoms with van der Waals surface area (Å²) in [6.07, 6.45) is 0.763. The number of amides is 3. The lowest BCUT2D eigenvalue weighted by Gasteiger charge is -2.12. The Morgan fingerprint density at radius 3 is 2.42 bits per heavy atom. The topological polar surface area (TPSA) is 70.2 Å². The van der Waals surface area contributed by atoms with Crippen LogP contribution >= 0.6 is 27.5 Å². The summed E-state index contributed by atoms with van der Waals surface area (Å²) >= 11 is 9.10. The average Bonchev–Trinajstić information content (AvgIpc) is 2.99. The fraction of sp³-hybridized carbons (Fsp3) is 0.333. The number of anilines is 1. The zero-order chi connectivity index (χ0) is 14.0. The Kier molecular flexibility index (Phi) is 4.01. The third-order valence-corrected chi connectivity index (χ3v) is 4.63. The number of carbonyl (C=O) groups is 2. The molecule has 1 saturated carbocycles.